The second kappa shape index (κ2) is 9.65. The van der Waals surface area contributed by atoms with Crippen LogP contribution in [0.4, 0.5) is 0 Å². The molecule has 0 saturated carbocycles. The number of aromatic nitrogens is 4. The molecule has 32 heavy (non-hydrogen) atoms. The van der Waals surface area contributed by atoms with Gasteiger partial charge in [0, 0.05) is 56.9 Å². The molecule has 0 spiro atoms. The molecule has 8 heteroatoms. The van der Waals surface area contributed by atoms with E-state index in [9.17, 15) is 9.90 Å². The van der Waals surface area contributed by atoms with Gasteiger partial charge in [-0.05, 0) is 24.3 Å². The monoisotopic (exact) mass is 437 g/mol. The quantitative estimate of drug-likeness (QED) is 0.608. The summed E-state index contributed by atoms with van der Waals surface area (Å²) in [6.45, 7) is 5.55. The first kappa shape index (κ1) is 22.2. The molecule has 1 saturated heterocycles. The van der Waals surface area contributed by atoms with Gasteiger partial charge in [0.05, 0.1) is 0 Å². The van der Waals surface area contributed by atoms with E-state index in [1.54, 1.807) is 6.20 Å². The zero-order chi connectivity index (χ0) is 22.7. The van der Waals surface area contributed by atoms with Gasteiger partial charge in [0.15, 0.2) is 0 Å². The smallest absolute Gasteiger partial charge is 0.227 e. The second-order valence-electron chi connectivity index (χ2n) is 8.87. The lowest BCUT2D eigenvalue weighted by molar-refractivity contribution is -0.134. The number of likely N-dealkylation sites (tertiary alicyclic amines) is 1. The van der Waals surface area contributed by atoms with Crippen LogP contribution in [0, 0.1) is 5.92 Å². The summed E-state index contributed by atoms with van der Waals surface area (Å²) in [6.07, 6.45) is 5.28. The van der Waals surface area contributed by atoms with Crippen LogP contribution in [0.3, 0.4) is 0 Å². The molecule has 0 bridgehead atoms. The summed E-state index contributed by atoms with van der Waals surface area (Å²) in [5.74, 6) is 2.14. The van der Waals surface area contributed by atoms with Crippen LogP contribution in [-0.2, 0) is 18.3 Å². The molecule has 1 amide bonds. The number of carbonyl (C=O) groups is 1. The summed E-state index contributed by atoms with van der Waals surface area (Å²) < 4.78 is 7.20. The van der Waals surface area contributed by atoms with E-state index in [2.05, 4.69) is 41.1 Å². The summed E-state index contributed by atoms with van der Waals surface area (Å²) in [4.78, 5) is 23.4. The number of aryl methyl sites for hydroxylation is 2. The van der Waals surface area contributed by atoms with Gasteiger partial charge in [-0.1, -0.05) is 43.3 Å². The highest BCUT2D eigenvalue weighted by molar-refractivity contribution is 5.76. The highest BCUT2D eigenvalue weighted by Gasteiger charge is 2.31. The third kappa shape index (κ3) is 4.91. The summed E-state index contributed by atoms with van der Waals surface area (Å²) in [5, 5.41) is 14.8. The molecule has 8 nitrogen and oxygen atoms in total. The lowest BCUT2D eigenvalue weighted by atomic mass is 9.91. The second-order valence-corrected chi connectivity index (χ2v) is 8.87. The van der Waals surface area contributed by atoms with Crippen molar-refractivity contribution in [1.29, 1.82) is 0 Å². The topological polar surface area (TPSA) is 97.3 Å². The third-order valence-corrected chi connectivity index (χ3v) is 6.24. The van der Waals surface area contributed by atoms with Crippen molar-refractivity contribution >= 4 is 5.91 Å². The zero-order valence-electron chi connectivity index (χ0n) is 18.9. The van der Waals surface area contributed by atoms with Gasteiger partial charge >= 0.3 is 0 Å². The third-order valence-electron chi connectivity index (χ3n) is 6.24. The van der Waals surface area contributed by atoms with E-state index in [4.69, 9.17) is 4.52 Å². The van der Waals surface area contributed by atoms with Crippen molar-refractivity contribution < 1.29 is 14.4 Å². The molecule has 0 radical (unpaired) electrons. The Bertz CT molecular complexity index is 1040. The number of aliphatic hydroxyl groups is 1. The molecule has 3 heterocycles. The number of nitrogens with zero attached hydrogens (tertiary/aromatic N) is 5. The summed E-state index contributed by atoms with van der Waals surface area (Å²) in [5.41, 5.74) is 2.16. The Balaban J connectivity index is 1.32. The Morgan fingerprint density at radius 1 is 1.28 bits per heavy atom. The van der Waals surface area contributed by atoms with Crippen LogP contribution in [-0.4, -0.2) is 48.7 Å². The number of imidazole rings is 1. The summed E-state index contributed by atoms with van der Waals surface area (Å²) in [6, 6.07) is 8.14. The van der Waals surface area contributed by atoms with Gasteiger partial charge in [0.25, 0.3) is 0 Å². The van der Waals surface area contributed by atoms with Crippen molar-refractivity contribution in [2.75, 3.05) is 13.1 Å². The lowest BCUT2D eigenvalue weighted by Crippen LogP contribution is -2.42. The number of aliphatic hydroxyl groups excluding tert-OH is 1. The molecule has 170 valence electrons. The average Bonchev–Trinajstić information content (AvgIpc) is 3.46. The van der Waals surface area contributed by atoms with Gasteiger partial charge in [-0.15, -0.1) is 0 Å². The molecule has 1 aliphatic rings. The predicted octanol–water partition coefficient (Wildman–Crippen LogP) is 3.50. The van der Waals surface area contributed by atoms with Crippen LogP contribution in [0.15, 0.2) is 41.2 Å². The lowest BCUT2D eigenvalue weighted by Gasteiger charge is -2.35. The van der Waals surface area contributed by atoms with Crippen LogP contribution >= 0.6 is 0 Å². The molecule has 0 unspecified atom stereocenters. The number of piperidine rings is 1. The van der Waals surface area contributed by atoms with E-state index in [1.807, 2.05) is 34.8 Å². The molecule has 1 aliphatic heterocycles. The van der Waals surface area contributed by atoms with Gasteiger partial charge in [-0.2, -0.15) is 4.98 Å². The van der Waals surface area contributed by atoms with Gasteiger partial charge < -0.3 is 19.1 Å². The van der Waals surface area contributed by atoms with Gasteiger partial charge in [-0.25, -0.2) is 4.98 Å². The van der Waals surface area contributed by atoms with Gasteiger partial charge in [0.1, 0.15) is 11.9 Å². The Hall–Kier alpha value is -3.00. The number of benzene rings is 1. The molecule has 2 aromatic heterocycles. The number of hydrogen-bond acceptors (Lipinski definition) is 6. The molecule has 3 aromatic rings. The largest absolute Gasteiger partial charge is 0.385 e. The van der Waals surface area contributed by atoms with E-state index in [0.29, 0.717) is 49.4 Å². The standard InChI is InChI=1S/C24H31N5O3/c1-16(2)17-6-8-18(9-7-17)23-26-20(32-27-23)10-11-21(30)29-13-4-5-19(15-29)22(31)24-25-12-14-28(24)3/h6-9,12,14,16,19,22,31H,4-5,10-11,13,15H2,1-3H3/t19-,22-/m1/s1. The Kier molecular flexibility index (Phi) is 6.69. The highest BCUT2D eigenvalue weighted by atomic mass is 16.5. The number of rotatable bonds is 7. The van der Waals surface area contributed by atoms with Crippen molar-refractivity contribution in [2.45, 2.75) is 51.6 Å². The van der Waals surface area contributed by atoms with E-state index >= 15 is 0 Å². The first-order valence-electron chi connectivity index (χ1n) is 11.3. The van der Waals surface area contributed by atoms with Gasteiger partial charge in [0.2, 0.25) is 17.6 Å². The molecular formula is C24H31N5O3. The van der Waals surface area contributed by atoms with Crippen LogP contribution in [0.5, 0.6) is 0 Å². The summed E-state index contributed by atoms with van der Waals surface area (Å²) in [7, 11) is 1.87. The fourth-order valence-electron chi connectivity index (χ4n) is 4.23. The molecular weight excluding hydrogens is 406 g/mol. The van der Waals surface area contributed by atoms with Crippen molar-refractivity contribution in [3.05, 3.63) is 53.9 Å². The number of carbonyl (C=O) groups excluding carboxylic acids is 1. The molecule has 0 aliphatic carbocycles. The number of amides is 1. The molecule has 1 aromatic carbocycles. The van der Waals surface area contributed by atoms with Gasteiger partial charge in [-0.3, -0.25) is 4.79 Å². The number of hydrogen-bond donors (Lipinski definition) is 1. The zero-order valence-corrected chi connectivity index (χ0v) is 18.9. The molecule has 1 N–H and O–H groups in total. The average molecular weight is 438 g/mol. The first-order chi connectivity index (χ1) is 15.4. The minimum absolute atomic E-state index is 0.0161. The fourth-order valence-corrected chi connectivity index (χ4v) is 4.23. The van der Waals surface area contributed by atoms with Crippen LogP contribution in [0.25, 0.3) is 11.4 Å². The van der Waals surface area contributed by atoms with E-state index in [0.717, 1.165) is 18.4 Å². The Morgan fingerprint density at radius 3 is 2.75 bits per heavy atom. The van der Waals surface area contributed by atoms with Crippen molar-refractivity contribution in [3.8, 4) is 11.4 Å². The maximum Gasteiger partial charge on any atom is 0.227 e. The van der Waals surface area contributed by atoms with Crippen LogP contribution in [0.2, 0.25) is 0 Å². The summed E-state index contributed by atoms with van der Waals surface area (Å²) >= 11 is 0. The molecule has 1 fully saturated rings. The SMILES string of the molecule is CC(C)c1ccc(-c2noc(CCC(=O)N3CCC[C@@H]([C@@H](O)c4nccn4C)C3)n2)cc1. The predicted molar refractivity (Wildman–Crippen MR) is 120 cm³/mol. The van der Waals surface area contributed by atoms with Crippen molar-refractivity contribution in [3.63, 3.8) is 0 Å². The molecule has 4 rings (SSSR count). The van der Waals surface area contributed by atoms with E-state index in [1.165, 1.54) is 5.56 Å². The van der Waals surface area contributed by atoms with Crippen LogP contribution < -0.4 is 0 Å². The fraction of sp³-hybridized carbons (Fsp3) is 0.500. The van der Waals surface area contributed by atoms with Crippen LogP contribution in [0.1, 0.15) is 62.4 Å². The highest BCUT2D eigenvalue weighted by Crippen LogP contribution is 2.29. The maximum atomic E-state index is 12.8. The maximum absolute atomic E-state index is 12.8. The Labute approximate surface area is 188 Å². The normalized spacial score (nSPS) is 17.7. The first-order valence-corrected chi connectivity index (χ1v) is 11.3. The van der Waals surface area contributed by atoms with E-state index in [-0.39, 0.29) is 11.8 Å². The molecule has 2 atom stereocenters. The minimum Gasteiger partial charge on any atom is -0.385 e. The van der Waals surface area contributed by atoms with Crippen molar-refractivity contribution in [2.24, 2.45) is 13.0 Å². The van der Waals surface area contributed by atoms with E-state index < -0.39 is 6.10 Å². The minimum atomic E-state index is -0.675. The van der Waals surface area contributed by atoms with Crippen molar-refractivity contribution in [1.82, 2.24) is 24.6 Å². The Morgan fingerprint density at radius 2 is 2.06 bits per heavy atom.